The van der Waals surface area contributed by atoms with Crippen LogP contribution in [0.5, 0.6) is 0 Å². The summed E-state index contributed by atoms with van der Waals surface area (Å²) >= 11 is 0. The van der Waals surface area contributed by atoms with Crippen LogP contribution in [0.25, 0.3) is 0 Å². The molecule has 0 atom stereocenters. The predicted octanol–water partition coefficient (Wildman–Crippen LogP) is 4.46. The monoisotopic (exact) mass is 328 g/mol. The molecule has 3 rings (SSSR count). The number of ketones is 1. The van der Waals surface area contributed by atoms with Gasteiger partial charge in [0, 0.05) is 17.9 Å². The summed E-state index contributed by atoms with van der Waals surface area (Å²) in [7, 11) is 1.47. The van der Waals surface area contributed by atoms with E-state index in [2.05, 4.69) is 12.1 Å². The fourth-order valence-corrected chi connectivity index (χ4v) is 4.59. The van der Waals surface area contributed by atoms with E-state index >= 15 is 0 Å². The van der Waals surface area contributed by atoms with Gasteiger partial charge in [0.15, 0.2) is 5.78 Å². The standard InChI is InChI=1S/C21H28O3/c1-14(2)20(23)17-4-5-18-16(13-17)8-11-21(18)9-6-15(7-10-21)12-19(22)24-3/h4-5,13-15H,6-12H2,1-3H3. The van der Waals surface area contributed by atoms with Gasteiger partial charge in [0.2, 0.25) is 0 Å². The maximum atomic E-state index is 12.2. The zero-order chi connectivity index (χ0) is 17.3. The Labute approximate surface area is 144 Å². The first-order valence-corrected chi connectivity index (χ1v) is 9.19. The third-order valence-electron chi connectivity index (χ3n) is 6.10. The summed E-state index contributed by atoms with van der Waals surface area (Å²) in [6.45, 7) is 3.92. The molecule has 3 heteroatoms. The first-order chi connectivity index (χ1) is 11.4. The highest BCUT2D eigenvalue weighted by molar-refractivity contribution is 5.97. The van der Waals surface area contributed by atoms with Gasteiger partial charge in [0.1, 0.15) is 0 Å². The zero-order valence-corrected chi connectivity index (χ0v) is 15.1. The van der Waals surface area contributed by atoms with Crippen molar-refractivity contribution >= 4 is 11.8 Å². The van der Waals surface area contributed by atoms with Crippen molar-refractivity contribution in [2.24, 2.45) is 11.8 Å². The number of rotatable bonds is 4. The lowest BCUT2D eigenvalue weighted by Crippen LogP contribution is -2.30. The minimum absolute atomic E-state index is 0.0483. The van der Waals surface area contributed by atoms with Gasteiger partial charge in [-0.15, -0.1) is 0 Å². The molecule has 1 saturated carbocycles. The van der Waals surface area contributed by atoms with Crippen molar-refractivity contribution in [1.82, 2.24) is 0 Å². The molecular formula is C21H28O3. The van der Waals surface area contributed by atoms with E-state index in [9.17, 15) is 9.59 Å². The molecule has 0 heterocycles. The Morgan fingerprint density at radius 2 is 1.92 bits per heavy atom. The van der Waals surface area contributed by atoms with Crippen LogP contribution in [0.2, 0.25) is 0 Å². The van der Waals surface area contributed by atoms with Gasteiger partial charge in [-0.05, 0) is 67.1 Å². The van der Waals surface area contributed by atoms with Crippen molar-refractivity contribution in [3.05, 3.63) is 34.9 Å². The summed E-state index contributed by atoms with van der Waals surface area (Å²) in [5.74, 6) is 0.668. The number of fused-ring (bicyclic) bond motifs is 2. The van der Waals surface area contributed by atoms with E-state index in [1.807, 2.05) is 19.9 Å². The highest BCUT2D eigenvalue weighted by Crippen LogP contribution is 2.50. The molecule has 0 aromatic heterocycles. The molecule has 3 nitrogen and oxygen atoms in total. The van der Waals surface area contributed by atoms with Gasteiger partial charge in [-0.25, -0.2) is 0 Å². The fourth-order valence-electron chi connectivity index (χ4n) is 4.59. The van der Waals surface area contributed by atoms with Crippen molar-refractivity contribution < 1.29 is 14.3 Å². The largest absolute Gasteiger partial charge is 0.469 e. The van der Waals surface area contributed by atoms with Gasteiger partial charge in [-0.3, -0.25) is 9.59 Å². The van der Waals surface area contributed by atoms with Crippen LogP contribution in [-0.4, -0.2) is 18.9 Å². The van der Waals surface area contributed by atoms with Crippen LogP contribution in [-0.2, 0) is 21.4 Å². The van der Waals surface area contributed by atoms with Gasteiger partial charge in [-0.1, -0.05) is 26.0 Å². The average Bonchev–Trinajstić information content (AvgIpc) is 2.94. The molecule has 0 bridgehead atoms. The SMILES string of the molecule is COC(=O)CC1CCC2(CCc3cc(C(=O)C(C)C)ccc32)CC1. The molecule has 1 spiro atoms. The maximum Gasteiger partial charge on any atom is 0.305 e. The summed E-state index contributed by atoms with van der Waals surface area (Å²) in [5, 5.41) is 0. The summed E-state index contributed by atoms with van der Waals surface area (Å²) in [5.41, 5.74) is 3.97. The normalized spacial score (nSPS) is 25.8. The molecule has 0 N–H and O–H groups in total. The molecule has 0 aliphatic heterocycles. The Hall–Kier alpha value is -1.64. The number of hydrogen-bond donors (Lipinski definition) is 0. The van der Waals surface area contributed by atoms with Crippen LogP contribution in [0.4, 0.5) is 0 Å². The lowest BCUT2D eigenvalue weighted by atomic mass is 9.66. The fraction of sp³-hybridized carbons (Fsp3) is 0.619. The van der Waals surface area contributed by atoms with Crippen LogP contribution in [0.15, 0.2) is 18.2 Å². The molecule has 24 heavy (non-hydrogen) atoms. The zero-order valence-electron chi connectivity index (χ0n) is 15.1. The number of esters is 1. The number of methoxy groups -OCH3 is 1. The predicted molar refractivity (Wildman–Crippen MR) is 94.2 cm³/mol. The Kier molecular flexibility index (Phi) is 4.80. The minimum atomic E-state index is -0.0837. The van der Waals surface area contributed by atoms with E-state index in [1.54, 1.807) is 0 Å². The molecule has 1 aromatic carbocycles. The Morgan fingerprint density at radius 1 is 1.21 bits per heavy atom. The van der Waals surface area contributed by atoms with E-state index in [-0.39, 0.29) is 23.1 Å². The molecule has 2 aliphatic carbocycles. The molecule has 0 amide bonds. The van der Waals surface area contributed by atoms with E-state index in [1.165, 1.54) is 24.7 Å². The number of Topliss-reactive ketones (excluding diaryl/α,β-unsaturated/α-hetero) is 1. The second-order valence-corrected chi connectivity index (χ2v) is 7.89. The van der Waals surface area contributed by atoms with Gasteiger partial charge in [0.25, 0.3) is 0 Å². The van der Waals surface area contributed by atoms with Gasteiger partial charge in [-0.2, -0.15) is 0 Å². The Balaban J connectivity index is 1.73. The molecular weight excluding hydrogens is 300 g/mol. The van der Waals surface area contributed by atoms with Crippen LogP contribution in [0.1, 0.15) is 73.9 Å². The lowest BCUT2D eigenvalue weighted by molar-refractivity contribution is -0.142. The van der Waals surface area contributed by atoms with Gasteiger partial charge < -0.3 is 4.74 Å². The summed E-state index contributed by atoms with van der Waals surface area (Å²) in [4.78, 5) is 23.7. The molecule has 1 fully saturated rings. The average molecular weight is 328 g/mol. The van der Waals surface area contributed by atoms with Crippen molar-refractivity contribution in [1.29, 1.82) is 0 Å². The molecule has 2 aliphatic rings. The quantitative estimate of drug-likeness (QED) is 0.605. The Morgan fingerprint density at radius 3 is 2.54 bits per heavy atom. The Bertz CT molecular complexity index is 636. The number of benzene rings is 1. The highest BCUT2D eigenvalue weighted by atomic mass is 16.5. The number of carbonyl (C=O) groups excluding carboxylic acids is 2. The molecule has 0 unspecified atom stereocenters. The van der Waals surface area contributed by atoms with E-state index in [0.717, 1.165) is 37.7 Å². The second-order valence-electron chi connectivity index (χ2n) is 7.89. The van der Waals surface area contributed by atoms with Gasteiger partial charge >= 0.3 is 5.97 Å². The molecule has 0 saturated heterocycles. The van der Waals surface area contributed by atoms with E-state index < -0.39 is 0 Å². The number of aryl methyl sites for hydroxylation is 1. The molecule has 0 radical (unpaired) electrons. The number of ether oxygens (including phenoxy) is 1. The van der Waals surface area contributed by atoms with Crippen LogP contribution >= 0.6 is 0 Å². The smallest absolute Gasteiger partial charge is 0.305 e. The van der Waals surface area contributed by atoms with E-state index in [0.29, 0.717) is 12.3 Å². The highest BCUT2D eigenvalue weighted by Gasteiger charge is 2.41. The molecule has 1 aromatic rings. The number of hydrogen-bond acceptors (Lipinski definition) is 3. The topological polar surface area (TPSA) is 43.4 Å². The van der Waals surface area contributed by atoms with Crippen molar-refractivity contribution in [2.45, 2.75) is 64.2 Å². The van der Waals surface area contributed by atoms with Crippen molar-refractivity contribution in [3.8, 4) is 0 Å². The van der Waals surface area contributed by atoms with E-state index in [4.69, 9.17) is 4.74 Å². The van der Waals surface area contributed by atoms with Crippen LogP contribution in [0.3, 0.4) is 0 Å². The van der Waals surface area contributed by atoms with Crippen LogP contribution in [0, 0.1) is 11.8 Å². The lowest BCUT2D eigenvalue weighted by Gasteiger charge is -2.38. The summed E-state index contributed by atoms with van der Waals surface area (Å²) < 4.78 is 4.81. The minimum Gasteiger partial charge on any atom is -0.469 e. The van der Waals surface area contributed by atoms with Gasteiger partial charge in [0.05, 0.1) is 7.11 Å². The summed E-state index contributed by atoms with van der Waals surface area (Å²) in [6.07, 6.45) is 7.32. The summed E-state index contributed by atoms with van der Waals surface area (Å²) in [6, 6.07) is 6.36. The van der Waals surface area contributed by atoms with Crippen molar-refractivity contribution in [2.75, 3.05) is 7.11 Å². The third-order valence-corrected chi connectivity index (χ3v) is 6.10. The third kappa shape index (κ3) is 3.13. The maximum absolute atomic E-state index is 12.2. The molecule has 130 valence electrons. The number of carbonyl (C=O) groups is 2. The van der Waals surface area contributed by atoms with Crippen molar-refractivity contribution in [3.63, 3.8) is 0 Å². The first-order valence-electron chi connectivity index (χ1n) is 9.19. The second kappa shape index (κ2) is 6.70. The van der Waals surface area contributed by atoms with Crippen LogP contribution < -0.4 is 0 Å². The first kappa shape index (κ1) is 17.2.